The highest BCUT2D eigenvalue weighted by molar-refractivity contribution is 5.71. The molecule has 0 heterocycles. The van der Waals surface area contributed by atoms with Gasteiger partial charge in [0.25, 0.3) is 0 Å². The Bertz CT molecular complexity index is 1140. The van der Waals surface area contributed by atoms with Crippen molar-refractivity contribution in [1.82, 2.24) is 0 Å². The second-order valence-electron chi connectivity index (χ2n) is 18.8. The number of ether oxygens (including phenoxy) is 3. The van der Waals surface area contributed by atoms with E-state index in [1.54, 1.807) is 0 Å². The van der Waals surface area contributed by atoms with E-state index in [1.165, 1.54) is 186 Å². The fraction of sp³-hybridized carbons (Fsp3) is 0.814. The molecule has 0 radical (unpaired) electrons. The molecule has 0 aromatic rings. The van der Waals surface area contributed by atoms with Gasteiger partial charge in [0.1, 0.15) is 13.2 Å². The molecule has 0 aliphatic rings. The van der Waals surface area contributed by atoms with Crippen LogP contribution in [0.25, 0.3) is 0 Å². The van der Waals surface area contributed by atoms with Gasteiger partial charge in [0.15, 0.2) is 6.10 Å². The van der Waals surface area contributed by atoms with E-state index in [0.717, 1.165) is 57.8 Å². The van der Waals surface area contributed by atoms with E-state index in [0.29, 0.717) is 19.3 Å². The highest BCUT2D eigenvalue weighted by atomic mass is 16.6. The molecule has 0 fully saturated rings. The molecule has 0 aliphatic carbocycles. The summed E-state index contributed by atoms with van der Waals surface area (Å²) < 4.78 is 16.8. The molecule has 6 nitrogen and oxygen atoms in total. The first kappa shape index (κ1) is 62.4. The van der Waals surface area contributed by atoms with Crippen LogP contribution in [-0.4, -0.2) is 37.2 Å². The zero-order valence-corrected chi connectivity index (χ0v) is 43.3. The first-order valence-electron chi connectivity index (χ1n) is 28.1. The summed E-state index contributed by atoms with van der Waals surface area (Å²) >= 11 is 0. The smallest absolute Gasteiger partial charge is 0.306 e. The van der Waals surface area contributed by atoms with Gasteiger partial charge in [0, 0.05) is 19.3 Å². The van der Waals surface area contributed by atoms with Crippen molar-refractivity contribution in [2.24, 2.45) is 0 Å². The van der Waals surface area contributed by atoms with E-state index >= 15 is 0 Å². The van der Waals surface area contributed by atoms with Crippen LogP contribution in [0.5, 0.6) is 0 Å². The number of unbranched alkanes of at least 4 members (excludes halogenated alkanes) is 32. The minimum absolute atomic E-state index is 0.0919. The molecule has 65 heavy (non-hydrogen) atoms. The Labute approximate surface area is 403 Å². The van der Waals surface area contributed by atoms with Gasteiger partial charge in [-0.1, -0.05) is 243 Å². The van der Waals surface area contributed by atoms with Crippen molar-refractivity contribution in [3.05, 3.63) is 48.6 Å². The Morgan fingerprint density at radius 1 is 0.308 bits per heavy atom. The molecule has 378 valence electrons. The summed E-state index contributed by atoms with van der Waals surface area (Å²) in [6, 6.07) is 0. The van der Waals surface area contributed by atoms with E-state index in [1.807, 2.05) is 0 Å². The Hall–Kier alpha value is -2.63. The summed E-state index contributed by atoms with van der Waals surface area (Å²) in [6.45, 7) is 6.60. The van der Waals surface area contributed by atoms with Gasteiger partial charge in [-0.25, -0.2) is 0 Å². The van der Waals surface area contributed by atoms with Crippen LogP contribution in [0.4, 0.5) is 0 Å². The maximum Gasteiger partial charge on any atom is 0.306 e. The van der Waals surface area contributed by atoms with Gasteiger partial charge in [-0.3, -0.25) is 14.4 Å². The van der Waals surface area contributed by atoms with Crippen LogP contribution >= 0.6 is 0 Å². The zero-order chi connectivity index (χ0) is 47.2. The van der Waals surface area contributed by atoms with Crippen LogP contribution in [0.2, 0.25) is 0 Å². The molecule has 0 rings (SSSR count). The lowest BCUT2D eigenvalue weighted by molar-refractivity contribution is -0.167. The summed E-state index contributed by atoms with van der Waals surface area (Å²) in [5.74, 6) is -0.939. The molecule has 0 aliphatic heterocycles. The maximum atomic E-state index is 12.8. The Morgan fingerprint density at radius 3 is 0.923 bits per heavy atom. The second kappa shape index (κ2) is 54.0. The average Bonchev–Trinajstić information content (AvgIpc) is 3.30. The first-order valence-corrected chi connectivity index (χ1v) is 28.1. The molecule has 1 atom stereocenters. The summed E-state index contributed by atoms with van der Waals surface area (Å²) in [4.78, 5) is 38.0. The van der Waals surface area contributed by atoms with Crippen molar-refractivity contribution in [3.8, 4) is 0 Å². The molecule has 0 spiro atoms. The van der Waals surface area contributed by atoms with Crippen LogP contribution in [-0.2, 0) is 28.6 Å². The fourth-order valence-electron chi connectivity index (χ4n) is 8.04. The largest absolute Gasteiger partial charge is 0.462 e. The van der Waals surface area contributed by atoms with Crippen molar-refractivity contribution < 1.29 is 28.6 Å². The number of allylic oxidation sites excluding steroid dienone is 8. The van der Waals surface area contributed by atoms with Crippen LogP contribution in [0.15, 0.2) is 48.6 Å². The molecule has 0 aromatic carbocycles. The van der Waals surface area contributed by atoms with Gasteiger partial charge in [0.2, 0.25) is 0 Å². The Morgan fingerprint density at radius 2 is 0.569 bits per heavy atom. The van der Waals surface area contributed by atoms with Crippen molar-refractivity contribution in [3.63, 3.8) is 0 Å². The van der Waals surface area contributed by atoms with Crippen molar-refractivity contribution >= 4 is 17.9 Å². The highest BCUT2D eigenvalue weighted by Gasteiger charge is 2.19. The van der Waals surface area contributed by atoms with Crippen LogP contribution in [0, 0.1) is 0 Å². The number of hydrogen-bond donors (Lipinski definition) is 0. The summed E-state index contributed by atoms with van der Waals surface area (Å²) in [5.41, 5.74) is 0. The van der Waals surface area contributed by atoms with Gasteiger partial charge in [-0.2, -0.15) is 0 Å². The SMILES string of the molecule is CCCCCCCC/C=C\C/C=C\C/C=C\CCCC(=O)OC(COC(=O)CCCCCCCCC/C=C\CCCCCCCCCC)COC(=O)CCCCCCCCCCCCC. The lowest BCUT2D eigenvalue weighted by atomic mass is 10.1. The van der Waals surface area contributed by atoms with Gasteiger partial charge in [-0.15, -0.1) is 0 Å². The number of esters is 3. The molecular formula is C59H106O6. The predicted octanol–water partition coefficient (Wildman–Crippen LogP) is 18.7. The van der Waals surface area contributed by atoms with Crippen LogP contribution in [0.3, 0.4) is 0 Å². The Kier molecular flexibility index (Phi) is 51.8. The molecule has 0 saturated carbocycles. The van der Waals surface area contributed by atoms with Gasteiger partial charge < -0.3 is 14.2 Å². The van der Waals surface area contributed by atoms with Crippen LogP contribution < -0.4 is 0 Å². The number of carbonyl (C=O) groups excluding carboxylic acids is 3. The van der Waals surface area contributed by atoms with E-state index in [4.69, 9.17) is 14.2 Å². The van der Waals surface area contributed by atoms with Crippen LogP contribution in [0.1, 0.15) is 290 Å². The first-order chi connectivity index (χ1) is 32.0. The third-order valence-electron chi connectivity index (χ3n) is 12.3. The van der Waals surface area contributed by atoms with Gasteiger partial charge in [-0.05, 0) is 77.0 Å². The highest BCUT2D eigenvalue weighted by Crippen LogP contribution is 2.15. The molecule has 0 aromatic heterocycles. The maximum absolute atomic E-state index is 12.8. The van der Waals surface area contributed by atoms with E-state index in [2.05, 4.69) is 69.4 Å². The zero-order valence-electron chi connectivity index (χ0n) is 43.3. The topological polar surface area (TPSA) is 78.9 Å². The van der Waals surface area contributed by atoms with E-state index in [9.17, 15) is 14.4 Å². The monoisotopic (exact) mass is 911 g/mol. The van der Waals surface area contributed by atoms with Crippen molar-refractivity contribution in [2.75, 3.05) is 13.2 Å². The molecule has 1 unspecified atom stereocenters. The standard InChI is InChI=1S/C59H106O6/c1-4-7-10-13-16-19-22-24-26-28-29-31-32-34-37-40-43-46-49-52-58(61)64-55-56(54-63-57(60)51-48-45-42-39-36-21-18-15-12-9-6-3)65-59(62)53-50-47-44-41-38-35-33-30-27-25-23-20-17-14-11-8-5-2/h25,27-29,33,35,41,44,56H,4-24,26,30-32,34,36-40,42-43,45-55H2,1-3H3/b27-25-,29-28-,35-33-,44-41-. The second-order valence-corrected chi connectivity index (χ2v) is 18.8. The molecule has 0 bridgehead atoms. The van der Waals surface area contributed by atoms with Crippen molar-refractivity contribution in [2.45, 2.75) is 297 Å². The minimum atomic E-state index is -0.798. The Balaban J connectivity index is 4.39. The molecule has 0 saturated heterocycles. The number of hydrogen-bond acceptors (Lipinski definition) is 6. The molecule has 6 heteroatoms. The van der Waals surface area contributed by atoms with Crippen molar-refractivity contribution in [1.29, 1.82) is 0 Å². The van der Waals surface area contributed by atoms with E-state index < -0.39 is 6.10 Å². The summed E-state index contributed by atoms with van der Waals surface area (Å²) in [5, 5.41) is 0. The quantitative estimate of drug-likeness (QED) is 0.0262. The lowest BCUT2D eigenvalue weighted by Gasteiger charge is -2.18. The molecular weight excluding hydrogens is 805 g/mol. The number of rotatable bonds is 51. The number of carbonyl (C=O) groups is 3. The van der Waals surface area contributed by atoms with Gasteiger partial charge in [0.05, 0.1) is 0 Å². The third-order valence-corrected chi connectivity index (χ3v) is 12.3. The molecule has 0 amide bonds. The normalized spacial score (nSPS) is 12.4. The molecule has 0 N–H and O–H groups in total. The minimum Gasteiger partial charge on any atom is -0.462 e. The third kappa shape index (κ3) is 52.2. The fourth-order valence-corrected chi connectivity index (χ4v) is 8.04. The average molecular weight is 911 g/mol. The van der Waals surface area contributed by atoms with E-state index in [-0.39, 0.29) is 37.5 Å². The van der Waals surface area contributed by atoms with Gasteiger partial charge >= 0.3 is 17.9 Å². The lowest BCUT2D eigenvalue weighted by Crippen LogP contribution is -2.30. The summed E-state index contributed by atoms with van der Waals surface area (Å²) in [6.07, 6.45) is 65.4. The summed E-state index contributed by atoms with van der Waals surface area (Å²) in [7, 11) is 0. The predicted molar refractivity (Wildman–Crippen MR) is 279 cm³/mol.